The summed E-state index contributed by atoms with van der Waals surface area (Å²) in [5.74, 6) is 0. The lowest BCUT2D eigenvalue weighted by Gasteiger charge is -2.31. The molecule has 0 radical (unpaired) electrons. The number of nitrogens with one attached hydrogen (secondary N) is 1. The van der Waals surface area contributed by atoms with Crippen molar-refractivity contribution < 1.29 is 13.2 Å². The highest BCUT2D eigenvalue weighted by molar-refractivity contribution is 7.99. The Morgan fingerprint density at radius 3 is 2.35 bits per heavy atom. The Labute approximate surface area is 104 Å². The number of halogens is 3. The molecule has 0 aliphatic carbocycles. The van der Waals surface area contributed by atoms with Gasteiger partial charge in [0.15, 0.2) is 0 Å². The molecule has 1 aromatic carbocycles. The molecule has 92 valence electrons. The third-order valence-electron chi connectivity index (χ3n) is 2.32. The van der Waals surface area contributed by atoms with Gasteiger partial charge in [0.1, 0.15) is 0 Å². The van der Waals surface area contributed by atoms with Gasteiger partial charge in [0.25, 0.3) is 5.66 Å². The van der Waals surface area contributed by atoms with Crippen molar-refractivity contribution in [3.05, 3.63) is 35.4 Å². The van der Waals surface area contributed by atoms with Crippen molar-refractivity contribution in [2.45, 2.75) is 18.8 Å². The molecular formula is C9H8F3N3S2. The molecule has 1 aliphatic rings. The van der Waals surface area contributed by atoms with Crippen LogP contribution in [-0.4, -0.2) is 6.18 Å². The maximum Gasteiger partial charge on any atom is 0.433 e. The summed E-state index contributed by atoms with van der Waals surface area (Å²) in [6.45, 7) is 1.81. The quantitative estimate of drug-likeness (QED) is 0.801. The first-order valence-corrected chi connectivity index (χ1v) is 6.12. The Bertz CT molecular complexity index is 479. The number of alkyl halides is 3. The second-order valence-electron chi connectivity index (χ2n) is 3.52. The minimum Gasteiger partial charge on any atom is -0.205 e. The van der Waals surface area contributed by atoms with E-state index in [0.717, 1.165) is 5.56 Å². The lowest BCUT2D eigenvalue weighted by Crippen LogP contribution is -2.50. The summed E-state index contributed by atoms with van der Waals surface area (Å²) in [5, 5.41) is 0. The zero-order valence-electron chi connectivity index (χ0n) is 8.65. The van der Waals surface area contributed by atoms with Crippen LogP contribution in [0, 0.1) is 6.92 Å². The molecular weight excluding hydrogens is 271 g/mol. The second-order valence-corrected chi connectivity index (χ2v) is 4.84. The van der Waals surface area contributed by atoms with E-state index < -0.39 is 11.8 Å². The topological polar surface area (TPSA) is 36.8 Å². The summed E-state index contributed by atoms with van der Waals surface area (Å²) >= 11 is 1.21. The van der Waals surface area contributed by atoms with Gasteiger partial charge in [0, 0.05) is 5.56 Å². The fourth-order valence-corrected chi connectivity index (χ4v) is 2.64. The third kappa shape index (κ3) is 2.24. The van der Waals surface area contributed by atoms with Crippen molar-refractivity contribution in [1.82, 2.24) is 4.72 Å². The molecule has 0 saturated carbocycles. The van der Waals surface area contributed by atoms with Gasteiger partial charge in [-0.2, -0.15) is 17.5 Å². The number of nitrogens with zero attached hydrogens (tertiary/aromatic N) is 2. The van der Waals surface area contributed by atoms with Gasteiger partial charge < -0.3 is 0 Å². The molecule has 1 N–H and O–H groups in total. The average molecular weight is 279 g/mol. The molecule has 0 amide bonds. The molecule has 3 nitrogen and oxygen atoms in total. The number of hydrogen-bond donors (Lipinski definition) is 1. The Morgan fingerprint density at radius 2 is 1.88 bits per heavy atom. The van der Waals surface area contributed by atoms with Crippen LogP contribution in [0.5, 0.6) is 0 Å². The minimum absolute atomic E-state index is 0.0606. The summed E-state index contributed by atoms with van der Waals surface area (Å²) < 4.78 is 48.8. The molecule has 17 heavy (non-hydrogen) atoms. The lowest BCUT2D eigenvalue weighted by molar-refractivity contribution is -0.191. The molecule has 0 bridgehead atoms. The van der Waals surface area contributed by atoms with Crippen LogP contribution in [0.2, 0.25) is 0 Å². The van der Waals surface area contributed by atoms with Crippen molar-refractivity contribution in [2.75, 3.05) is 0 Å². The molecule has 0 fully saturated rings. The van der Waals surface area contributed by atoms with E-state index in [-0.39, 0.29) is 5.56 Å². The van der Waals surface area contributed by atoms with Crippen molar-refractivity contribution in [1.29, 1.82) is 0 Å². The van der Waals surface area contributed by atoms with Crippen molar-refractivity contribution in [3.63, 3.8) is 0 Å². The van der Waals surface area contributed by atoms with Crippen LogP contribution < -0.4 is 4.72 Å². The summed E-state index contributed by atoms with van der Waals surface area (Å²) in [4.78, 5) is 0. The van der Waals surface area contributed by atoms with E-state index >= 15 is 0 Å². The number of aryl methyl sites for hydroxylation is 1. The van der Waals surface area contributed by atoms with Crippen LogP contribution in [0.25, 0.3) is 0 Å². The Balaban J connectivity index is 2.55. The van der Waals surface area contributed by atoms with Gasteiger partial charge in [-0.15, -0.1) is 3.77 Å². The Morgan fingerprint density at radius 1 is 1.24 bits per heavy atom. The first kappa shape index (κ1) is 12.6. The highest BCUT2D eigenvalue weighted by Crippen LogP contribution is 2.42. The molecule has 1 unspecified atom stereocenters. The van der Waals surface area contributed by atoms with Gasteiger partial charge >= 0.3 is 6.18 Å². The summed E-state index contributed by atoms with van der Waals surface area (Å²) in [6, 6.07) is 6.10. The predicted octanol–water partition coefficient (Wildman–Crippen LogP) is 3.33. The second kappa shape index (κ2) is 4.43. The number of hydrogen-bond acceptors (Lipinski definition) is 4. The van der Waals surface area contributed by atoms with E-state index in [1.54, 1.807) is 12.1 Å². The van der Waals surface area contributed by atoms with Gasteiger partial charge in [-0.3, -0.25) is 0 Å². The maximum absolute atomic E-state index is 13.2. The third-order valence-corrected chi connectivity index (χ3v) is 3.63. The highest BCUT2D eigenvalue weighted by Gasteiger charge is 2.57. The first-order chi connectivity index (χ1) is 7.96. The van der Waals surface area contributed by atoms with E-state index in [2.05, 4.69) is 12.9 Å². The molecule has 1 aromatic rings. The smallest absolute Gasteiger partial charge is 0.205 e. The standard InChI is InChI=1S/C9H8F3N3S2/c1-6-2-4-7(5-3-6)8(9(10,11)12)13-16-15-17-14-8/h2-5,13H,1H3. The predicted molar refractivity (Wildman–Crippen MR) is 61.9 cm³/mol. The molecule has 2 rings (SSSR count). The van der Waals surface area contributed by atoms with Crippen molar-refractivity contribution in [3.8, 4) is 0 Å². The number of benzene rings is 1. The van der Waals surface area contributed by atoms with Gasteiger partial charge in [-0.25, -0.2) is 4.72 Å². The fourth-order valence-electron chi connectivity index (χ4n) is 1.38. The molecule has 0 aromatic heterocycles. The summed E-state index contributed by atoms with van der Waals surface area (Å²) in [7, 11) is 0. The monoisotopic (exact) mass is 279 g/mol. The first-order valence-electron chi connectivity index (χ1n) is 4.61. The largest absolute Gasteiger partial charge is 0.433 e. The number of rotatable bonds is 1. The molecule has 0 spiro atoms. The summed E-state index contributed by atoms with van der Waals surface area (Å²) in [5.41, 5.74) is -1.44. The van der Waals surface area contributed by atoms with E-state index in [9.17, 15) is 13.2 Å². The molecule has 8 heteroatoms. The van der Waals surface area contributed by atoms with Crippen LogP contribution in [0.1, 0.15) is 11.1 Å². The fraction of sp³-hybridized carbons (Fsp3) is 0.333. The normalized spacial score (nSPS) is 24.5. The van der Waals surface area contributed by atoms with Crippen LogP contribution in [-0.2, 0) is 17.0 Å². The molecule has 1 aliphatic heterocycles. The molecule has 1 atom stereocenters. The SMILES string of the molecule is Cc1ccc(C2(C(F)(F)F)N=S=NSN2)cc1. The van der Waals surface area contributed by atoms with Gasteiger partial charge in [-0.05, 0) is 6.92 Å². The average Bonchev–Trinajstić information content (AvgIpc) is 2.29. The van der Waals surface area contributed by atoms with Crippen LogP contribution in [0.3, 0.4) is 0 Å². The van der Waals surface area contributed by atoms with Gasteiger partial charge in [0.05, 0.1) is 23.5 Å². The zero-order chi connectivity index (χ0) is 12.5. The Kier molecular flexibility index (Phi) is 3.28. The van der Waals surface area contributed by atoms with Crippen LogP contribution in [0.4, 0.5) is 13.2 Å². The summed E-state index contributed by atoms with van der Waals surface area (Å²) in [6.07, 6.45) is -4.52. The lowest BCUT2D eigenvalue weighted by atomic mass is 10.00. The van der Waals surface area contributed by atoms with E-state index in [1.165, 1.54) is 12.1 Å². The van der Waals surface area contributed by atoms with Gasteiger partial charge in [-0.1, -0.05) is 29.8 Å². The zero-order valence-corrected chi connectivity index (χ0v) is 10.3. The van der Waals surface area contributed by atoms with E-state index in [0.29, 0.717) is 23.5 Å². The van der Waals surface area contributed by atoms with E-state index in [1.807, 2.05) is 6.92 Å². The van der Waals surface area contributed by atoms with Crippen LogP contribution in [0.15, 0.2) is 32.4 Å². The van der Waals surface area contributed by atoms with Crippen molar-refractivity contribution in [2.24, 2.45) is 8.13 Å². The Hall–Kier alpha value is -0.860. The minimum atomic E-state index is -4.52. The van der Waals surface area contributed by atoms with E-state index in [4.69, 9.17) is 0 Å². The van der Waals surface area contributed by atoms with Gasteiger partial charge in [0.2, 0.25) is 0 Å². The van der Waals surface area contributed by atoms with Crippen LogP contribution >= 0.6 is 12.1 Å². The molecule has 0 saturated heterocycles. The maximum atomic E-state index is 13.2. The molecule has 1 heterocycles. The highest BCUT2D eigenvalue weighted by atomic mass is 32.2. The van der Waals surface area contributed by atoms with Crippen molar-refractivity contribution >= 4 is 23.5 Å².